The molecule has 3 rings (SSSR count). The predicted octanol–water partition coefficient (Wildman–Crippen LogP) is 3.26. The van der Waals surface area contributed by atoms with Gasteiger partial charge in [-0.3, -0.25) is 0 Å². The van der Waals surface area contributed by atoms with Crippen LogP contribution in [0, 0.1) is 11.7 Å². The zero-order valence-corrected chi connectivity index (χ0v) is 10.6. The van der Waals surface area contributed by atoms with Crippen molar-refractivity contribution < 1.29 is 9.13 Å². The molecule has 1 aromatic carbocycles. The minimum Gasteiger partial charge on any atom is -0.493 e. The Morgan fingerprint density at radius 3 is 2.72 bits per heavy atom. The van der Waals surface area contributed by atoms with Crippen molar-refractivity contribution >= 4 is 0 Å². The van der Waals surface area contributed by atoms with Crippen molar-refractivity contribution in [1.82, 2.24) is 5.32 Å². The maximum Gasteiger partial charge on any atom is 0.127 e. The van der Waals surface area contributed by atoms with Gasteiger partial charge in [-0.05, 0) is 42.9 Å². The topological polar surface area (TPSA) is 21.3 Å². The highest BCUT2D eigenvalue weighted by atomic mass is 19.1. The number of ether oxygens (including phenoxy) is 1. The highest BCUT2D eigenvalue weighted by Gasteiger charge is 2.21. The number of rotatable bonds is 7. The summed E-state index contributed by atoms with van der Waals surface area (Å²) in [5.74, 6) is 1.32. The summed E-state index contributed by atoms with van der Waals surface area (Å²) in [6.45, 7) is 1.45. The van der Waals surface area contributed by atoms with Crippen molar-refractivity contribution in [2.75, 3.05) is 6.61 Å². The van der Waals surface area contributed by atoms with Gasteiger partial charge in [0.2, 0.25) is 0 Å². The van der Waals surface area contributed by atoms with Gasteiger partial charge < -0.3 is 10.1 Å². The fourth-order valence-corrected chi connectivity index (χ4v) is 2.11. The maximum absolute atomic E-state index is 13.5. The van der Waals surface area contributed by atoms with Crippen molar-refractivity contribution in [2.24, 2.45) is 5.92 Å². The lowest BCUT2D eigenvalue weighted by Gasteiger charge is -2.09. The lowest BCUT2D eigenvalue weighted by molar-refractivity contribution is 0.300. The van der Waals surface area contributed by atoms with Gasteiger partial charge in [-0.15, -0.1) is 0 Å². The van der Waals surface area contributed by atoms with Crippen LogP contribution in [0.1, 0.15) is 37.7 Å². The summed E-state index contributed by atoms with van der Waals surface area (Å²) in [7, 11) is 0. The van der Waals surface area contributed by atoms with E-state index in [1.807, 2.05) is 6.07 Å². The Morgan fingerprint density at radius 1 is 1.17 bits per heavy atom. The van der Waals surface area contributed by atoms with Gasteiger partial charge in [0.25, 0.3) is 0 Å². The van der Waals surface area contributed by atoms with E-state index in [0.717, 1.165) is 24.4 Å². The summed E-state index contributed by atoms with van der Waals surface area (Å²) < 4.78 is 19.1. The Balaban J connectivity index is 1.53. The standard InChI is InChI=1S/C15H20FNO/c16-13-7-12(10-17-14-3-4-14)8-15(9-13)18-6-5-11-1-2-11/h7-9,11,14,17H,1-6,10H2. The van der Waals surface area contributed by atoms with Crippen molar-refractivity contribution in [3.05, 3.63) is 29.6 Å². The zero-order chi connectivity index (χ0) is 12.4. The molecule has 2 fully saturated rings. The van der Waals surface area contributed by atoms with E-state index >= 15 is 0 Å². The summed E-state index contributed by atoms with van der Waals surface area (Å²) in [4.78, 5) is 0. The second kappa shape index (κ2) is 5.27. The molecular weight excluding hydrogens is 229 g/mol. The monoisotopic (exact) mass is 249 g/mol. The van der Waals surface area contributed by atoms with Crippen molar-refractivity contribution in [1.29, 1.82) is 0 Å². The molecule has 0 heterocycles. The molecule has 2 aliphatic carbocycles. The van der Waals surface area contributed by atoms with Crippen molar-refractivity contribution in [3.8, 4) is 5.75 Å². The number of hydrogen-bond donors (Lipinski definition) is 1. The molecule has 0 bridgehead atoms. The molecule has 0 spiro atoms. The van der Waals surface area contributed by atoms with Crippen LogP contribution in [0.15, 0.2) is 18.2 Å². The first-order chi connectivity index (χ1) is 8.79. The molecule has 0 amide bonds. The minimum atomic E-state index is -0.202. The third-order valence-corrected chi connectivity index (χ3v) is 3.60. The van der Waals surface area contributed by atoms with Gasteiger partial charge in [-0.25, -0.2) is 4.39 Å². The van der Waals surface area contributed by atoms with E-state index in [4.69, 9.17) is 4.74 Å². The molecule has 18 heavy (non-hydrogen) atoms. The van der Waals surface area contributed by atoms with Crippen LogP contribution in [0.2, 0.25) is 0 Å². The summed E-state index contributed by atoms with van der Waals surface area (Å²) >= 11 is 0. The summed E-state index contributed by atoms with van der Waals surface area (Å²) in [5.41, 5.74) is 0.975. The highest BCUT2D eigenvalue weighted by Crippen LogP contribution is 2.32. The third kappa shape index (κ3) is 3.70. The number of halogens is 1. The van der Waals surface area contributed by atoms with E-state index in [9.17, 15) is 4.39 Å². The van der Waals surface area contributed by atoms with Crippen LogP contribution in [-0.2, 0) is 6.54 Å². The van der Waals surface area contributed by atoms with E-state index in [2.05, 4.69) is 5.32 Å². The summed E-state index contributed by atoms with van der Waals surface area (Å²) in [6, 6.07) is 5.66. The molecule has 0 aromatic heterocycles. The first-order valence-corrected chi connectivity index (χ1v) is 6.95. The predicted molar refractivity (Wildman–Crippen MR) is 69.1 cm³/mol. The van der Waals surface area contributed by atoms with Crippen molar-refractivity contribution in [2.45, 2.75) is 44.7 Å². The Morgan fingerprint density at radius 2 is 2.00 bits per heavy atom. The smallest absolute Gasteiger partial charge is 0.127 e. The van der Waals surface area contributed by atoms with Gasteiger partial charge in [0.15, 0.2) is 0 Å². The summed E-state index contributed by atoms with van der Waals surface area (Å²) in [5, 5.41) is 3.39. The van der Waals surface area contributed by atoms with Crippen LogP contribution in [0.25, 0.3) is 0 Å². The quantitative estimate of drug-likeness (QED) is 0.801. The van der Waals surface area contributed by atoms with Gasteiger partial charge in [0.1, 0.15) is 11.6 Å². The zero-order valence-electron chi connectivity index (χ0n) is 10.6. The number of hydrogen-bond acceptors (Lipinski definition) is 2. The maximum atomic E-state index is 13.5. The van der Waals surface area contributed by atoms with Crippen LogP contribution in [-0.4, -0.2) is 12.6 Å². The van der Waals surface area contributed by atoms with Crippen LogP contribution >= 0.6 is 0 Å². The van der Waals surface area contributed by atoms with E-state index < -0.39 is 0 Å². The molecule has 1 aromatic rings. The van der Waals surface area contributed by atoms with Gasteiger partial charge in [-0.2, -0.15) is 0 Å². The molecule has 0 aliphatic heterocycles. The van der Waals surface area contributed by atoms with Crippen molar-refractivity contribution in [3.63, 3.8) is 0 Å². The van der Waals surface area contributed by atoms with E-state index in [0.29, 0.717) is 18.4 Å². The molecule has 0 saturated heterocycles. The van der Waals surface area contributed by atoms with Crippen LogP contribution in [0.4, 0.5) is 4.39 Å². The molecule has 0 unspecified atom stereocenters. The van der Waals surface area contributed by atoms with Gasteiger partial charge in [0.05, 0.1) is 6.61 Å². The van der Waals surface area contributed by atoms with Gasteiger partial charge in [0, 0.05) is 18.7 Å². The van der Waals surface area contributed by atoms with Crippen LogP contribution in [0.5, 0.6) is 5.75 Å². The lowest BCUT2D eigenvalue weighted by atomic mass is 10.2. The molecule has 0 atom stereocenters. The average Bonchev–Trinajstić information content (AvgIpc) is 3.21. The molecule has 98 valence electrons. The lowest BCUT2D eigenvalue weighted by Crippen LogP contribution is -2.15. The minimum absolute atomic E-state index is 0.202. The van der Waals surface area contributed by atoms with E-state index in [1.165, 1.54) is 31.7 Å². The fraction of sp³-hybridized carbons (Fsp3) is 0.600. The van der Waals surface area contributed by atoms with Crippen LogP contribution < -0.4 is 10.1 Å². The number of benzene rings is 1. The summed E-state index contributed by atoms with van der Waals surface area (Å²) in [6.07, 6.45) is 6.28. The molecular formula is C15H20FNO. The van der Waals surface area contributed by atoms with E-state index in [-0.39, 0.29) is 5.82 Å². The fourth-order valence-electron chi connectivity index (χ4n) is 2.11. The third-order valence-electron chi connectivity index (χ3n) is 3.60. The highest BCUT2D eigenvalue weighted by molar-refractivity contribution is 5.29. The molecule has 2 saturated carbocycles. The Bertz CT molecular complexity index is 413. The second-order valence-corrected chi connectivity index (χ2v) is 5.53. The Kier molecular flexibility index (Phi) is 3.50. The first kappa shape index (κ1) is 12.0. The second-order valence-electron chi connectivity index (χ2n) is 5.53. The molecule has 3 heteroatoms. The molecule has 2 nitrogen and oxygen atoms in total. The molecule has 1 N–H and O–H groups in total. The largest absolute Gasteiger partial charge is 0.493 e. The SMILES string of the molecule is Fc1cc(CNC2CC2)cc(OCCC2CC2)c1. The van der Waals surface area contributed by atoms with E-state index in [1.54, 1.807) is 6.07 Å². The molecule has 0 radical (unpaired) electrons. The first-order valence-electron chi connectivity index (χ1n) is 6.95. The van der Waals surface area contributed by atoms with Gasteiger partial charge >= 0.3 is 0 Å². The van der Waals surface area contributed by atoms with Crippen LogP contribution in [0.3, 0.4) is 0 Å². The van der Waals surface area contributed by atoms with Gasteiger partial charge in [-0.1, -0.05) is 12.8 Å². The normalized spacial score (nSPS) is 18.9. The Hall–Kier alpha value is -1.09. The average molecular weight is 249 g/mol. The molecule has 2 aliphatic rings. The Labute approximate surface area is 108 Å². The number of nitrogens with one attached hydrogen (secondary N) is 1.